The van der Waals surface area contributed by atoms with Crippen LogP contribution in [0.3, 0.4) is 0 Å². The number of piperazine rings is 1. The standard InChI is InChI=1S/C18H29N5S.HI/c19-18(23-13-15-24-16-14-23)20-7-4-8-21-9-11-22(12-10-21)17-5-2-1-3-6-17;/h1-3,5-6H,4,7-16H2,(H2,19,20);1H. The molecule has 0 amide bonds. The van der Waals surface area contributed by atoms with Gasteiger partial charge in [0.2, 0.25) is 0 Å². The highest BCUT2D eigenvalue weighted by molar-refractivity contribution is 14.0. The number of aliphatic imine (C=N–C) groups is 1. The Morgan fingerprint density at radius 1 is 1.00 bits per heavy atom. The summed E-state index contributed by atoms with van der Waals surface area (Å²) in [6.07, 6.45) is 1.09. The molecule has 0 spiro atoms. The maximum Gasteiger partial charge on any atom is 0.191 e. The summed E-state index contributed by atoms with van der Waals surface area (Å²) >= 11 is 2.00. The molecule has 2 saturated heterocycles. The summed E-state index contributed by atoms with van der Waals surface area (Å²) in [6.45, 7) is 8.54. The molecule has 1 aromatic rings. The molecule has 7 heteroatoms. The topological polar surface area (TPSA) is 48.1 Å². The second-order valence-electron chi connectivity index (χ2n) is 6.36. The molecular formula is C18H30IN5S. The fraction of sp³-hybridized carbons (Fsp3) is 0.611. The summed E-state index contributed by atoms with van der Waals surface area (Å²) in [5, 5.41) is 0. The highest BCUT2D eigenvalue weighted by atomic mass is 127. The number of anilines is 1. The maximum absolute atomic E-state index is 6.10. The third-order valence-electron chi connectivity index (χ3n) is 4.73. The lowest BCUT2D eigenvalue weighted by Gasteiger charge is -2.36. The van der Waals surface area contributed by atoms with Crippen molar-refractivity contribution in [3.63, 3.8) is 0 Å². The molecule has 3 rings (SSSR count). The van der Waals surface area contributed by atoms with E-state index in [-0.39, 0.29) is 24.0 Å². The molecule has 0 radical (unpaired) electrons. The molecule has 0 aromatic heterocycles. The van der Waals surface area contributed by atoms with Crippen molar-refractivity contribution in [2.75, 3.05) is 68.8 Å². The molecule has 140 valence electrons. The fourth-order valence-corrected chi connectivity index (χ4v) is 4.15. The van der Waals surface area contributed by atoms with Crippen LogP contribution < -0.4 is 10.6 Å². The molecule has 0 bridgehead atoms. The molecule has 1 aromatic carbocycles. The first-order valence-electron chi connectivity index (χ1n) is 8.98. The number of nitrogens with two attached hydrogens (primary N) is 1. The van der Waals surface area contributed by atoms with Crippen LogP contribution in [0.5, 0.6) is 0 Å². The lowest BCUT2D eigenvalue weighted by Crippen LogP contribution is -2.46. The van der Waals surface area contributed by atoms with Crippen LogP contribution in [0, 0.1) is 0 Å². The number of hydrogen-bond donors (Lipinski definition) is 1. The first-order valence-corrected chi connectivity index (χ1v) is 10.1. The van der Waals surface area contributed by atoms with Crippen molar-refractivity contribution in [3.05, 3.63) is 30.3 Å². The van der Waals surface area contributed by atoms with Crippen molar-refractivity contribution in [2.24, 2.45) is 10.7 Å². The van der Waals surface area contributed by atoms with Crippen LogP contribution in [0.15, 0.2) is 35.3 Å². The van der Waals surface area contributed by atoms with Crippen LogP contribution in [-0.4, -0.2) is 79.6 Å². The zero-order chi connectivity index (χ0) is 16.6. The summed E-state index contributed by atoms with van der Waals surface area (Å²) in [5.41, 5.74) is 7.44. The Bertz CT molecular complexity index is 513. The molecule has 2 aliphatic rings. The van der Waals surface area contributed by atoms with Crippen LogP contribution in [0.4, 0.5) is 5.69 Å². The highest BCUT2D eigenvalue weighted by Crippen LogP contribution is 2.15. The molecule has 5 nitrogen and oxygen atoms in total. The van der Waals surface area contributed by atoms with Gasteiger partial charge in [-0.15, -0.1) is 24.0 Å². The van der Waals surface area contributed by atoms with Crippen molar-refractivity contribution < 1.29 is 0 Å². The molecule has 2 N–H and O–H groups in total. The minimum atomic E-state index is 0. The predicted molar refractivity (Wildman–Crippen MR) is 121 cm³/mol. The van der Waals surface area contributed by atoms with E-state index in [1.165, 1.54) is 17.2 Å². The minimum absolute atomic E-state index is 0. The third kappa shape index (κ3) is 6.53. The van der Waals surface area contributed by atoms with Crippen molar-refractivity contribution >= 4 is 47.4 Å². The summed E-state index contributed by atoms with van der Waals surface area (Å²) in [6, 6.07) is 10.7. The summed E-state index contributed by atoms with van der Waals surface area (Å²) in [5.74, 6) is 3.08. The Labute approximate surface area is 173 Å². The lowest BCUT2D eigenvalue weighted by atomic mass is 10.2. The van der Waals surface area contributed by atoms with Gasteiger partial charge in [-0.05, 0) is 18.6 Å². The van der Waals surface area contributed by atoms with E-state index in [9.17, 15) is 0 Å². The monoisotopic (exact) mass is 475 g/mol. The van der Waals surface area contributed by atoms with E-state index < -0.39 is 0 Å². The number of guanidine groups is 1. The Kier molecular flexibility index (Phi) is 9.19. The molecule has 25 heavy (non-hydrogen) atoms. The van der Waals surface area contributed by atoms with E-state index >= 15 is 0 Å². The molecule has 0 aliphatic carbocycles. The van der Waals surface area contributed by atoms with Crippen LogP contribution in [0.1, 0.15) is 6.42 Å². The second kappa shape index (κ2) is 11.1. The average molecular weight is 475 g/mol. The van der Waals surface area contributed by atoms with E-state index in [1.54, 1.807) is 0 Å². The molecule has 0 atom stereocenters. The third-order valence-corrected chi connectivity index (χ3v) is 5.68. The number of halogens is 1. The first-order chi connectivity index (χ1) is 11.8. The van der Waals surface area contributed by atoms with Crippen molar-refractivity contribution in [3.8, 4) is 0 Å². The number of para-hydroxylation sites is 1. The number of benzene rings is 1. The van der Waals surface area contributed by atoms with Gasteiger partial charge in [0.15, 0.2) is 5.96 Å². The SMILES string of the molecule is I.NC(=NCCCN1CCN(c2ccccc2)CC1)N1CCSCC1. The Morgan fingerprint density at radius 2 is 1.68 bits per heavy atom. The fourth-order valence-electron chi connectivity index (χ4n) is 3.25. The number of nitrogens with zero attached hydrogens (tertiary/aromatic N) is 4. The van der Waals surface area contributed by atoms with Gasteiger partial charge in [0.25, 0.3) is 0 Å². The van der Waals surface area contributed by atoms with Gasteiger partial charge in [-0.25, -0.2) is 0 Å². The molecule has 2 heterocycles. The normalized spacial score (nSPS) is 19.6. The van der Waals surface area contributed by atoms with Gasteiger partial charge in [0.05, 0.1) is 0 Å². The molecule has 2 aliphatic heterocycles. The quantitative estimate of drug-likeness (QED) is 0.306. The maximum atomic E-state index is 6.10. The van der Waals surface area contributed by atoms with E-state index in [4.69, 9.17) is 5.73 Å². The van der Waals surface area contributed by atoms with Gasteiger partial charge in [-0.3, -0.25) is 9.89 Å². The Hall–Kier alpha value is -0.670. The van der Waals surface area contributed by atoms with Crippen LogP contribution in [-0.2, 0) is 0 Å². The minimum Gasteiger partial charge on any atom is -0.370 e. The molecule has 0 unspecified atom stereocenters. The van der Waals surface area contributed by atoms with Gasteiger partial charge in [0, 0.05) is 69.6 Å². The average Bonchev–Trinajstić information content (AvgIpc) is 2.67. The molecule has 0 saturated carbocycles. The van der Waals surface area contributed by atoms with E-state index in [0.717, 1.165) is 64.7 Å². The van der Waals surface area contributed by atoms with E-state index in [0.29, 0.717) is 0 Å². The first kappa shape index (κ1) is 20.6. The number of hydrogen-bond acceptors (Lipinski definition) is 4. The van der Waals surface area contributed by atoms with Crippen molar-refractivity contribution in [1.82, 2.24) is 9.80 Å². The smallest absolute Gasteiger partial charge is 0.191 e. The lowest BCUT2D eigenvalue weighted by molar-refractivity contribution is 0.256. The number of thioether (sulfide) groups is 1. The second-order valence-corrected chi connectivity index (χ2v) is 7.58. The van der Waals surface area contributed by atoms with Gasteiger partial charge >= 0.3 is 0 Å². The Morgan fingerprint density at radius 3 is 2.36 bits per heavy atom. The summed E-state index contributed by atoms with van der Waals surface area (Å²) in [4.78, 5) is 11.8. The van der Waals surface area contributed by atoms with Crippen LogP contribution in [0.2, 0.25) is 0 Å². The zero-order valence-electron chi connectivity index (χ0n) is 14.8. The van der Waals surface area contributed by atoms with Crippen molar-refractivity contribution in [1.29, 1.82) is 0 Å². The van der Waals surface area contributed by atoms with Gasteiger partial charge < -0.3 is 15.5 Å². The summed E-state index contributed by atoms with van der Waals surface area (Å²) in [7, 11) is 0. The van der Waals surface area contributed by atoms with E-state index in [2.05, 4.69) is 50.0 Å². The summed E-state index contributed by atoms with van der Waals surface area (Å²) < 4.78 is 0. The molecular weight excluding hydrogens is 445 g/mol. The van der Waals surface area contributed by atoms with Crippen LogP contribution in [0.25, 0.3) is 0 Å². The molecule has 2 fully saturated rings. The van der Waals surface area contributed by atoms with Gasteiger partial charge in [-0.2, -0.15) is 11.8 Å². The highest BCUT2D eigenvalue weighted by Gasteiger charge is 2.16. The van der Waals surface area contributed by atoms with Crippen molar-refractivity contribution in [2.45, 2.75) is 6.42 Å². The van der Waals surface area contributed by atoms with Crippen LogP contribution >= 0.6 is 35.7 Å². The predicted octanol–water partition coefficient (Wildman–Crippen LogP) is 2.18. The largest absolute Gasteiger partial charge is 0.370 e. The Balaban J connectivity index is 0.00000225. The zero-order valence-corrected chi connectivity index (χ0v) is 18.0. The number of rotatable bonds is 5. The van der Waals surface area contributed by atoms with Gasteiger partial charge in [0.1, 0.15) is 0 Å². The van der Waals surface area contributed by atoms with E-state index in [1.807, 2.05) is 11.8 Å². The van der Waals surface area contributed by atoms with Gasteiger partial charge in [-0.1, -0.05) is 18.2 Å².